The number of hydrogen-bond donors (Lipinski definition) is 1. The number of thioether (sulfide) groups is 1. The maximum Gasteiger partial charge on any atom is 0.0186 e. The van der Waals surface area contributed by atoms with Crippen LogP contribution in [0.15, 0.2) is 0 Å². The first-order valence-corrected chi connectivity index (χ1v) is 7.23. The van der Waals surface area contributed by atoms with Crippen molar-refractivity contribution in [2.75, 3.05) is 5.75 Å². The van der Waals surface area contributed by atoms with Crippen molar-refractivity contribution in [3.8, 4) is 0 Å². The zero-order valence-electron chi connectivity index (χ0n) is 9.46. The van der Waals surface area contributed by atoms with Crippen LogP contribution in [0.1, 0.15) is 46.0 Å². The van der Waals surface area contributed by atoms with Gasteiger partial charge in [-0.25, -0.2) is 0 Å². The van der Waals surface area contributed by atoms with Crippen molar-refractivity contribution < 1.29 is 0 Å². The summed E-state index contributed by atoms with van der Waals surface area (Å²) in [5, 5.41) is 4.70. The Hall–Kier alpha value is 0.310. The molecule has 0 spiro atoms. The van der Waals surface area contributed by atoms with E-state index in [1.54, 1.807) is 0 Å². The fourth-order valence-electron chi connectivity index (χ4n) is 2.56. The highest BCUT2D eigenvalue weighted by atomic mass is 32.2. The lowest BCUT2D eigenvalue weighted by molar-refractivity contribution is 0.444. The van der Waals surface area contributed by atoms with Gasteiger partial charge in [-0.15, -0.1) is 0 Å². The largest absolute Gasteiger partial charge is 0.310 e. The van der Waals surface area contributed by atoms with Crippen LogP contribution >= 0.6 is 11.8 Å². The average molecular weight is 213 g/mol. The molecule has 2 heteroatoms. The van der Waals surface area contributed by atoms with Crippen molar-refractivity contribution in [2.24, 2.45) is 5.92 Å². The molecule has 4 atom stereocenters. The molecule has 4 unspecified atom stereocenters. The number of rotatable bonds is 4. The maximum absolute atomic E-state index is 3.86. The summed E-state index contributed by atoms with van der Waals surface area (Å²) in [6.45, 7) is 4.69. The molecule has 1 heterocycles. The van der Waals surface area contributed by atoms with Crippen molar-refractivity contribution in [2.45, 2.75) is 63.3 Å². The standard InChI is InChI=1S/C12H23NS/c1-3-5-10-8-12(10)13-11-6-4-7-14-9(11)2/h9-13H,3-8H2,1-2H3. The lowest BCUT2D eigenvalue weighted by atomic mass is 10.1. The summed E-state index contributed by atoms with van der Waals surface area (Å²) in [4.78, 5) is 0. The summed E-state index contributed by atoms with van der Waals surface area (Å²) in [5.41, 5.74) is 0. The summed E-state index contributed by atoms with van der Waals surface area (Å²) in [6.07, 6.45) is 7.06. The third-order valence-electron chi connectivity index (χ3n) is 3.62. The van der Waals surface area contributed by atoms with Crippen LogP contribution in [0.5, 0.6) is 0 Å². The molecule has 14 heavy (non-hydrogen) atoms. The van der Waals surface area contributed by atoms with Crippen LogP contribution in [0.2, 0.25) is 0 Å². The topological polar surface area (TPSA) is 12.0 Å². The van der Waals surface area contributed by atoms with E-state index in [1.807, 2.05) is 0 Å². The van der Waals surface area contributed by atoms with Crippen molar-refractivity contribution in [3.63, 3.8) is 0 Å². The van der Waals surface area contributed by atoms with Crippen LogP contribution in [0.25, 0.3) is 0 Å². The molecule has 1 aliphatic heterocycles. The van der Waals surface area contributed by atoms with E-state index < -0.39 is 0 Å². The van der Waals surface area contributed by atoms with Crippen molar-refractivity contribution >= 4 is 11.8 Å². The first kappa shape index (κ1) is 10.8. The van der Waals surface area contributed by atoms with Gasteiger partial charge >= 0.3 is 0 Å². The zero-order chi connectivity index (χ0) is 9.97. The molecule has 1 saturated heterocycles. The van der Waals surface area contributed by atoms with Crippen LogP contribution in [-0.4, -0.2) is 23.1 Å². The van der Waals surface area contributed by atoms with Gasteiger partial charge in [0.05, 0.1) is 0 Å². The van der Waals surface area contributed by atoms with E-state index in [-0.39, 0.29) is 0 Å². The average Bonchev–Trinajstić information content (AvgIpc) is 2.89. The molecule has 0 aromatic carbocycles. The lowest BCUT2D eigenvalue weighted by Crippen LogP contribution is -2.41. The molecule has 1 N–H and O–H groups in total. The van der Waals surface area contributed by atoms with Crippen molar-refractivity contribution in [1.29, 1.82) is 0 Å². The quantitative estimate of drug-likeness (QED) is 0.770. The molecule has 1 aliphatic carbocycles. The van der Waals surface area contributed by atoms with E-state index in [1.165, 1.54) is 37.9 Å². The van der Waals surface area contributed by atoms with Crippen LogP contribution in [0, 0.1) is 5.92 Å². The molecule has 82 valence electrons. The fraction of sp³-hybridized carbons (Fsp3) is 1.00. The Kier molecular flexibility index (Phi) is 3.78. The Labute approximate surface area is 92.4 Å². The van der Waals surface area contributed by atoms with Crippen LogP contribution < -0.4 is 5.32 Å². The molecule has 1 nitrogen and oxygen atoms in total. The van der Waals surface area contributed by atoms with Gasteiger partial charge in [-0.3, -0.25) is 0 Å². The Balaban J connectivity index is 1.70. The minimum atomic E-state index is 0.806. The highest BCUT2D eigenvalue weighted by Gasteiger charge is 2.38. The van der Waals surface area contributed by atoms with Gasteiger partial charge in [0.2, 0.25) is 0 Å². The molecular weight excluding hydrogens is 190 g/mol. The highest BCUT2D eigenvalue weighted by Crippen LogP contribution is 2.36. The molecule has 0 amide bonds. The second-order valence-electron chi connectivity index (χ2n) is 4.88. The van der Waals surface area contributed by atoms with Gasteiger partial charge < -0.3 is 5.32 Å². The van der Waals surface area contributed by atoms with E-state index in [0.717, 1.165) is 23.3 Å². The molecule has 2 rings (SSSR count). The molecule has 0 bridgehead atoms. The number of hydrogen-bond acceptors (Lipinski definition) is 2. The first-order chi connectivity index (χ1) is 6.81. The number of nitrogens with one attached hydrogen (secondary N) is 1. The van der Waals surface area contributed by atoms with Gasteiger partial charge in [0, 0.05) is 17.3 Å². The normalized spacial score (nSPS) is 42.4. The van der Waals surface area contributed by atoms with E-state index >= 15 is 0 Å². The first-order valence-electron chi connectivity index (χ1n) is 6.19. The molecule has 0 radical (unpaired) electrons. The Morgan fingerprint density at radius 1 is 1.36 bits per heavy atom. The SMILES string of the molecule is CCCC1CC1NC1CCCSC1C. The molecular formula is C12H23NS. The van der Waals surface area contributed by atoms with Gasteiger partial charge in [-0.2, -0.15) is 11.8 Å². The van der Waals surface area contributed by atoms with Gasteiger partial charge in [0.1, 0.15) is 0 Å². The van der Waals surface area contributed by atoms with Gasteiger partial charge in [-0.05, 0) is 37.4 Å². The summed E-state index contributed by atoms with van der Waals surface area (Å²) in [6, 6.07) is 1.68. The van der Waals surface area contributed by atoms with E-state index in [2.05, 4.69) is 30.9 Å². The monoisotopic (exact) mass is 213 g/mol. The summed E-state index contributed by atoms with van der Waals surface area (Å²) in [5.74, 6) is 2.39. The fourth-order valence-corrected chi connectivity index (χ4v) is 3.71. The zero-order valence-corrected chi connectivity index (χ0v) is 10.3. The summed E-state index contributed by atoms with van der Waals surface area (Å²) < 4.78 is 0. The Bertz CT molecular complexity index is 183. The Morgan fingerprint density at radius 3 is 2.93 bits per heavy atom. The van der Waals surface area contributed by atoms with Crippen LogP contribution in [-0.2, 0) is 0 Å². The third kappa shape index (κ3) is 2.66. The molecule has 2 aliphatic rings. The van der Waals surface area contributed by atoms with E-state index in [0.29, 0.717) is 0 Å². The lowest BCUT2D eigenvalue weighted by Gasteiger charge is -2.29. The Morgan fingerprint density at radius 2 is 2.21 bits per heavy atom. The molecule has 2 fully saturated rings. The molecule has 0 aromatic heterocycles. The summed E-state index contributed by atoms with van der Waals surface area (Å²) >= 11 is 2.15. The van der Waals surface area contributed by atoms with Crippen LogP contribution in [0.4, 0.5) is 0 Å². The van der Waals surface area contributed by atoms with Crippen LogP contribution in [0.3, 0.4) is 0 Å². The molecule has 1 saturated carbocycles. The third-order valence-corrected chi connectivity index (χ3v) is 5.00. The smallest absolute Gasteiger partial charge is 0.0186 e. The van der Waals surface area contributed by atoms with Crippen molar-refractivity contribution in [3.05, 3.63) is 0 Å². The predicted molar refractivity (Wildman–Crippen MR) is 64.9 cm³/mol. The van der Waals surface area contributed by atoms with Gasteiger partial charge in [-0.1, -0.05) is 20.3 Å². The predicted octanol–water partition coefficient (Wildman–Crippen LogP) is 3.05. The van der Waals surface area contributed by atoms with E-state index in [9.17, 15) is 0 Å². The molecule has 0 aromatic rings. The second kappa shape index (κ2) is 4.89. The second-order valence-corrected chi connectivity index (χ2v) is 6.37. The van der Waals surface area contributed by atoms with Crippen molar-refractivity contribution in [1.82, 2.24) is 5.32 Å². The minimum Gasteiger partial charge on any atom is -0.310 e. The van der Waals surface area contributed by atoms with Gasteiger partial charge in [0.25, 0.3) is 0 Å². The minimum absolute atomic E-state index is 0.806. The highest BCUT2D eigenvalue weighted by molar-refractivity contribution is 7.99. The van der Waals surface area contributed by atoms with E-state index in [4.69, 9.17) is 0 Å². The maximum atomic E-state index is 3.86. The van der Waals surface area contributed by atoms with Gasteiger partial charge in [0.15, 0.2) is 0 Å². The summed E-state index contributed by atoms with van der Waals surface area (Å²) in [7, 11) is 0.